The number of fused-ring (bicyclic) bond motifs is 1. The molecule has 1 aromatic heterocycles. The van der Waals surface area contributed by atoms with Crippen LogP contribution in [0.4, 0.5) is 0 Å². The molecule has 4 nitrogen and oxygen atoms in total. The first-order chi connectivity index (χ1) is 11.9. The molecule has 1 aliphatic heterocycles. The van der Waals surface area contributed by atoms with Crippen LogP contribution < -0.4 is 0 Å². The van der Waals surface area contributed by atoms with Gasteiger partial charge in [-0.15, -0.1) is 0 Å². The predicted molar refractivity (Wildman–Crippen MR) is 93.5 cm³/mol. The number of nitrogens with zero attached hydrogens (tertiary/aromatic N) is 2. The van der Waals surface area contributed by atoms with Crippen LogP contribution in [-0.4, -0.2) is 29.1 Å². The summed E-state index contributed by atoms with van der Waals surface area (Å²) in [4.78, 5) is 6.96. The van der Waals surface area contributed by atoms with Crippen molar-refractivity contribution in [3.63, 3.8) is 0 Å². The first kappa shape index (κ1) is 15.4. The van der Waals surface area contributed by atoms with Gasteiger partial charge in [0.25, 0.3) is 0 Å². The van der Waals surface area contributed by atoms with Gasteiger partial charge in [0.15, 0.2) is 5.58 Å². The van der Waals surface area contributed by atoms with Crippen molar-refractivity contribution < 1.29 is 9.15 Å². The van der Waals surface area contributed by atoms with E-state index in [9.17, 15) is 0 Å². The Labute approximate surface area is 142 Å². The van der Waals surface area contributed by atoms with Gasteiger partial charge in [0.05, 0.1) is 19.3 Å². The maximum atomic E-state index is 6.05. The summed E-state index contributed by atoms with van der Waals surface area (Å²) in [7, 11) is 0. The number of benzene rings is 2. The van der Waals surface area contributed by atoms with Crippen molar-refractivity contribution in [1.29, 1.82) is 0 Å². The monoisotopic (exact) mass is 322 g/mol. The van der Waals surface area contributed by atoms with Gasteiger partial charge in [-0.1, -0.05) is 42.5 Å². The highest BCUT2D eigenvalue weighted by molar-refractivity contribution is 5.72. The van der Waals surface area contributed by atoms with Crippen molar-refractivity contribution in [3.05, 3.63) is 66.1 Å². The lowest BCUT2D eigenvalue weighted by Gasteiger charge is -2.31. The molecule has 0 atom stereocenters. The van der Waals surface area contributed by atoms with E-state index in [0.29, 0.717) is 12.7 Å². The number of ether oxygens (including phenoxy) is 1. The molecule has 0 radical (unpaired) electrons. The number of hydrogen-bond donors (Lipinski definition) is 0. The van der Waals surface area contributed by atoms with Crippen LogP contribution in [0.25, 0.3) is 11.1 Å². The largest absolute Gasteiger partial charge is 0.439 e. The fourth-order valence-corrected chi connectivity index (χ4v) is 3.20. The van der Waals surface area contributed by atoms with Crippen LogP contribution in [-0.2, 0) is 17.9 Å². The number of rotatable bonds is 5. The second kappa shape index (κ2) is 7.16. The summed E-state index contributed by atoms with van der Waals surface area (Å²) < 4.78 is 11.9. The van der Waals surface area contributed by atoms with Crippen LogP contribution >= 0.6 is 0 Å². The molecule has 0 aliphatic carbocycles. The SMILES string of the molecule is c1ccc(COC2CCN(Cc3nc4ccccc4o3)CC2)cc1. The number of piperidine rings is 1. The molecule has 124 valence electrons. The lowest BCUT2D eigenvalue weighted by Crippen LogP contribution is -2.36. The van der Waals surface area contributed by atoms with E-state index in [0.717, 1.165) is 49.5 Å². The van der Waals surface area contributed by atoms with Gasteiger partial charge in [0.1, 0.15) is 5.52 Å². The third-order valence-corrected chi connectivity index (χ3v) is 4.56. The van der Waals surface area contributed by atoms with Crippen LogP contribution in [0.1, 0.15) is 24.3 Å². The van der Waals surface area contributed by atoms with Gasteiger partial charge in [0, 0.05) is 13.1 Å². The highest BCUT2D eigenvalue weighted by Gasteiger charge is 2.21. The molecule has 24 heavy (non-hydrogen) atoms. The maximum absolute atomic E-state index is 6.05. The first-order valence-electron chi connectivity index (χ1n) is 8.59. The quantitative estimate of drug-likeness (QED) is 0.711. The molecule has 3 aromatic rings. The summed E-state index contributed by atoms with van der Waals surface area (Å²) in [6, 6.07) is 18.3. The minimum absolute atomic E-state index is 0.352. The number of oxazole rings is 1. The molecular weight excluding hydrogens is 300 g/mol. The van der Waals surface area contributed by atoms with Crippen LogP contribution in [0, 0.1) is 0 Å². The molecule has 0 unspecified atom stereocenters. The van der Waals surface area contributed by atoms with Crippen molar-refractivity contribution in [2.45, 2.75) is 32.1 Å². The Kier molecular flexibility index (Phi) is 4.58. The van der Waals surface area contributed by atoms with Gasteiger partial charge < -0.3 is 9.15 Å². The highest BCUT2D eigenvalue weighted by Crippen LogP contribution is 2.20. The molecule has 0 saturated carbocycles. The first-order valence-corrected chi connectivity index (χ1v) is 8.59. The van der Waals surface area contributed by atoms with Crippen molar-refractivity contribution in [2.75, 3.05) is 13.1 Å². The molecule has 0 spiro atoms. The second-order valence-corrected chi connectivity index (χ2v) is 6.35. The van der Waals surface area contributed by atoms with E-state index in [1.165, 1.54) is 5.56 Å². The molecule has 0 amide bonds. The third kappa shape index (κ3) is 3.66. The minimum Gasteiger partial charge on any atom is -0.439 e. The standard InChI is InChI=1S/C20H22N2O2/c1-2-6-16(7-3-1)15-23-17-10-12-22(13-11-17)14-20-21-18-8-4-5-9-19(18)24-20/h1-9,17H,10-15H2. The molecule has 2 heterocycles. The molecular formula is C20H22N2O2. The molecule has 1 fully saturated rings. The third-order valence-electron chi connectivity index (χ3n) is 4.56. The number of aromatic nitrogens is 1. The van der Waals surface area contributed by atoms with Crippen molar-refractivity contribution >= 4 is 11.1 Å². The lowest BCUT2D eigenvalue weighted by atomic mass is 10.1. The smallest absolute Gasteiger partial charge is 0.209 e. The Balaban J connectivity index is 1.27. The Morgan fingerprint density at radius 1 is 1.00 bits per heavy atom. The lowest BCUT2D eigenvalue weighted by molar-refractivity contribution is -0.00520. The van der Waals surface area contributed by atoms with E-state index in [1.54, 1.807) is 0 Å². The predicted octanol–water partition coefficient (Wildman–Crippen LogP) is 4.01. The molecule has 0 bridgehead atoms. The fraction of sp³-hybridized carbons (Fsp3) is 0.350. The Hall–Kier alpha value is -2.17. The minimum atomic E-state index is 0.352. The number of para-hydroxylation sites is 2. The summed E-state index contributed by atoms with van der Waals surface area (Å²) in [6.07, 6.45) is 2.48. The summed E-state index contributed by atoms with van der Waals surface area (Å²) in [6.45, 7) is 3.53. The van der Waals surface area contributed by atoms with Gasteiger partial charge in [-0.05, 0) is 30.5 Å². The molecule has 1 aliphatic rings. The normalized spacial score (nSPS) is 16.7. The van der Waals surface area contributed by atoms with E-state index in [2.05, 4.69) is 34.1 Å². The summed E-state index contributed by atoms with van der Waals surface area (Å²) in [5, 5.41) is 0. The number of likely N-dealkylation sites (tertiary alicyclic amines) is 1. The van der Waals surface area contributed by atoms with Gasteiger partial charge in [-0.25, -0.2) is 4.98 Å². The van der Waals surface area contributed by atoms with Crippen LogP contribution in [0.15, 0.2) is 59.0 Å². The molecule has 4 heteroatoms. The van der Waals surface area contributed by atoms with E-state index in [4.69, 9.17) is 9.15 Å². The van der Waals surface area contributed by atoms with E-state index in [1.807, 2.05) is 30.3 Å². The van der Waals surface area contributed by atoms with Crippen molar-refractivity contribution in [3.8, 4) is 0 Å². The van der Waals surface area contributed by atoms with E-state index >= 15 is 0 Å². The summed E-state index contributed by atoms with van der Waals surface area (Å²) >= 11 is 0. The Morgan fingerprint density at radius 3 is 2.54 bits per heavy atom. The summed E-state index contributed by atoms with van der Waals surface area (Å²) in [5.41, 5.74) is 3.05. The van der Waals surface area contributed by atoms with E-state index in [-0.39, 0.29) is 0 Å². The van der Waals surface area contributed by atoms with Gasteiger partial charge in [0.2, 0.25) is 5.89 Å². The van der Waals surface area contributed by atoms with E-state index < -0.39 is 0 Å². The zero-order valence-electron chi connectivity index (χ0n) is 13.7. The van der Waals surface area contributed by atoms with Crippen LogP contribution in [0.2, 0.25) is 0 Å². The van der Waals surface area contributed by atoms with Gasteiger partial charge >= 0.3 is 0 Å². The zero-order chi connectivity index (χ0) is 16.2. The van der Waals surface area contributed by atoms with Crippen LogP contribution in [0.5, 0.6) is 0 Å². The Morgan fingerprint density at radius 2 is 1.75 bits per heavy atom. The zero-order valence-corrected chi connectivity index (χ0v) is 13.7. The van der Waals surface area contributed by atoms with Gasteiger partial charge in [-0.2, -0.15) is 0 Å². The molecule has 4 rings (SSSR count). The van der Waals surface area contributed by atoms with Crippen molar-refractivity contribution in [1.82, 2.24) is 9.88 Å². The number of hydrogen-bond acceptors (Lipinski definition) is 4. The average Bonchev–Trinajstić information content (AvgIpc) is 3.04. The molecule has 2 aromatic carbocycles. The summed E-state index contributed by atoms with van der Waals surface area (Å²) in [5.74, 6) is 0.805. The maximum Gasteiger partial charge on any atom is 0.209 e. The molecule has 0 N–H and O–H groups in total. The highest BCUT2D eigenvalue weighted by atomic mass is 16.5. The topological polar surface area (TPSA) is 38.5 Å². The van der Waals surface area contributed by atoms with Gasteiger partial charge in [-0.3, -0.25) is 4.90 Å². The average molecular weight is 322 g/mol. The Bertz CT molecular complexity index is 743. The van der Waals surface area contributed by atoms with Crippen molar-refractivity contribution in [2.24, 2.45) is 0 Å². The second-order valence-electron chi connectivity index (χ2n) is 6.35. The fourth-order valence-electron chi connectivity index (χ4n) is 3.20. The molecule has 1 saturated heterocycles. The van der Waals surface area contributed by atoms with Crippen LogP contribution in [0.3, 0.4) is 0 Å².